The van der Waals surface area contributed by atoms with Gasteiger partial charge >= 0.3 is 0 Å². The summed E-state index contributed by atoms with van der Waals surface area (Å²) in [6, 6.07) is 10.0. The number of benzene rings is 1. The van der Waals surface area contributed by atoms with Gasteiger partial charge in [-0.05, 0) is 18.6 Å². The van der Waals surface area contributed by atoms with Gasteiger partial charge in [-0.1, -0.05) is 31.5 Å². The van der Waals surface area contributed by atoms with E-state index in [4.69, 9.17) is 4.42 Å². The molecule has 1 N–H and O–H groups in total. The van der Waals surface area contributed by atoms with Crippen molar-refractivity contribution in [1.82, 2.24) is 9.97 Å². The van der Waals surface area contributed by atoms with Crippen LogP contribution >= 0.6 is 0 Å². The van der Waals surface area contributed by atoms with E-state index in [0.717, 1.165) is 46.6 Å². The molecule has 0 radical (unpaired) electrons. The third-order valence-corrected chi connectivity index (χ3v) is 3.34. The van der Waals surface area contributed by atoms with E-state index in [2.05, 4.69) is 22.2 Å². The number of para-hydroxylation sites is 1. The normalized spacial score (nSPS) is 10.9. The first kappa shape index (κ1) is 12.7. The molecular weight excluding hydrogens is 250 g/mol. The molecule has 0 aliphatic carbocycles. The van der Waals surface area contributed by atoms with Crippen molar-refractivity contribution in [1.29, 1.82) is 0 Å². The van der Waals surface area contributed by atoms with Crippen LogP contribution in [0.5, 0.6) is 0 Å². The molecular formula is C16H17N3O. The van der Waals surface area contributed by atoms with Crippen LogP contribution in [0.2, 0.25) is 0 Å². The highest BCUT2D eigenvalue weighted by molar-refractivity contribution is 5.83. The van der Waals surface area contributed by atoms with Gasteiger partial charge in [0.15, 0.2) is 5.76 Å². The summed E-state index contributed by atoms with van der Waals surface area (Å²) in [4.78, 5) is 8.72. The summed E-state index contributed by atoms with van der Waals surface area (Å²) in [6.45, 7) is 2.15. The van der Waals surface area contributed by atoms with Gasteiger partial charge in [-0.3, -0.25) is 0 Å². The highest BCUT2D eigenvalue weighted by atomic mass is 16.3. The van der Waals surface area contributed by atoms with Crippen molar-refractivity contribution >= 4 is 16.8 Å². The molecule has 0 atom stereocenters. The molecule has 4 nitrogen and oxygen atoms in total. The van der Waals surface area contributed by atoms with Crippen LogP contribution in [-0.4, -0.2) is 17.0 Å². The summed E-state index contributed by atoms with van der Waals surface area (Å²) in [5, 5.41) is 4.22. The van der Waals surface area contributed by atoms with Crippen LogP contribution in [0.15, 0.2) is 41.1 Å². The van der Waals surface area contributed by atoms with Crippen LogP contribution in [-0.2, 0) is 6.42 Å². The molecule has 0 spiro atoms. The topological polar surface area (TPSA) is 51.0 Å². The number of rotatable bonds is 4. The van der Waals surface area contributed by atoms with E-state index in [9.17, 15) is 0 Å². The maximum absolute atomic E-state index is 5.92. The lowest BCUT2D eigenvalue weighted by Crippen LogP contribution is -2.02. The van der Waals surface area contributed by atoms with E-state index in [1.807, 2.05) is 37.4 Å². The summed E-state index contributed by atoms with van der Waals surface area (Å²) in [6.07, 6.45) is 3.53. The molecule has 0 unspecified atom stereocenters. The van der Waals surface area contributed by atoms with Gasteiger partial charge in [-0.15, -0.1) is 0 Å². The number of nitrogens with one attached hydrogen (secondary N) is 1. The van der Waals surface area contributed by atoms with Gasteiger partial charge in [0.1, 0.15) is 23.4 Å². The number of nitrogens with zero attached hydrogens (tertiary/aromatic N) is 2. The average molecular weight is 267 g/mol. The van der Waals surface area contributed by atoms with E-state index in [-0.39, 0.29) is 0 Å². The lowest BCUT2D eigenvalue weighted by atomic mass is 10.1. The lowest BCUT2D eigenvalue weighted by molar-refractivity contribution is 0.626. The fourth-order valence-corrected chi connectivity index (χ4v) is 2.43. The summed E-state index contributed by atoms with van der Waals surface area (Å²) in [5.74, 6) is 1.67. The standard InChI is InChI=1S/C16H17N3O/c1-3-6-12-15(18-10-19-16(12)17-2)14-9-11-7-4-5-8-13(11)20-14/h4-5,7-10H,3,6H2,1-2H3,(H,17,18,19). The summed E-state index contributed by atoms with van der Waals surface area (Å²) in [7, 11) is 1.88. The van der Waals surface area contributed by atoms with Crippen molar-refractivity contribution in [3.63, 3.8) is 0 Å². The molecule has 0 saturated carbocycles. The maximum Gasteiger partial charge on any atom is 0.154 e. The van der Waals surface area contributed by atoms with E-state index in [1.54, 1.807) is 6.33 Å². The zero-order valence-corrected chi connectivity index (χ0v) is 11.7. The van der Waals surface area contributed by atoms with Gasteiger partial charge in [0.05, 0.1) is 0 Å². The SMILES string of the molecule is CCCc1c(NC)ncnc1-c1cc2ccccc2o1. The molecule has 2 aromatic heterocycles. The highest BCUT2D eigenvalue weighted by Crippen LogP contribution is 2.31. The van der Waals surface area contributed by atoms with Crippen LogP contribution in [0.1, 0.15) is 18.9 Å². The molecule has 0 amide bonds. The van der Waals surface area contributed by atoms with Crippen molar-refractivity contribution in [3.05, 3.63) is 42.2 Å². The summed E-state index contributed by atoms with van der Waals surface area (Å²) >= 11 is 0. The van der Waals surface area contributed by atoms with Crippen molar-refractivity contribution in [2.24, 2.45) is 0 Å². The van der Waals surface area contributed by atoms with Gasteiger partial charge in [0.2, 0.25) is 0 Å². The Morgan fingerprint density at radius 3 is 2.80 bits per heavy atom. The fraction of sp³-hybridized carbons (Fsp3) is 0.250. The molecule has 3 aromatic rings. The number of fused-ring (bicyclic) bond motifs is 1. The third-order valence-electron chi connectivity index (χ3n) is 3.34. The van der Waals surface area contributed by atoms with Crippen molar-refractivity contribution < 1.29 is 4.42 Å². The van der Waals surface area contributed by atoms with Crippen LogP contribution in [0.3, 0.4) is 0 Å². The minimum Gasteiger partial charge on any atom is -0.454 e. The number of anilines is 1. The number of furan rings is 1. The van der Waals surface area contributed by atoms with Crippen molar-refractivity contribution in [2.45, 2.75) is 19.8 Å². The third kappa shape index (κ3) is 2.13. The van der Waals surface area contributed by atoms with Crippen LogP contribution in [0, 0.1) is 0 Å². The largest absolute Gasteiger partial charge is 0.454 e. The molecule has 1 aromatic carbocycles. The predicted octanol–water partition coefficient (Wildman–Crippen LogP) is 3.88. The van der Waals surface area contributed by atoms with Gasteiger partial charge in [0, 0.05) is 18.0 Å². The zero-order chi connectivity index (χ0) is 13.9. The smallest absolute Gasteiger partial charge is 0.154 e. The monoisotopic (exact) mass is 267 g/mol. The summed E-state index contributed by atoms with van der Waals surface area (Å²) in [5.41, 5.74) is 2.87. The number of hydrogen-bond acceptors (Lipinski definition) is 4. The van der Waals surface area contributed by atoms with Gasteiger partial charge in [-0.25, -0.2) is 9.97 Å². The lowest BCUT2D eigenvalue weighted by Gasteiger charge is -2.10. The van der Waals surface area contributed by atoms with E-state index in [0.29, 0.717) is 0 Å². The van der Waals surface area contributed by atoms with Crippen molar-refractivity contribution in [3.8, 4) is 11.5 Å². The van der Waals surface area contributed by atoms with Crippen molar-refractivity contribution in [2.75, 3.05) is 12.4 Å². The van der Waals surface area contributed by atoms with Crippen LogP contribution in [0.4, 0.5) is 5.82 Å². The maximum atomic E-state index is 5.92. The minimum atomic E-state index is 0.800. The van der Waals surface area contributed by atoms with Gasteiger partial charge in [-0.2, -0.15) is 0 Å². The molecule has 20 heavy (non-hydrogen) atoms. The molecule has 0 aliphatic heterocycles. The van der Waals surface area contributed by atoms with E-state index >= 15 is 0 Å². The second-order valence-corrected chi connectivity index (χ2v) is 4.70. The molecule has 2 heterocycles. The molecule has 0 saturated heterocycles. The van der Waals surface area contributed by atoms with Crippen LogP contribution in [0.25, 0.3) is 22.4 Å². The Morgan fingerprint density at radius 1 is 1.20 bits per heavy atom. The van der Waals surface area contributed by atoms with E-state index in [1.165, 1.54) is 0 Å². The minimum absolute atomic E-state index is 0.800. The Labute approximate surface area is 117 Å². The molecule has 3 rings (SSSR count). The molecule has 4 heteroatoms. The Hall–Kier alpha value is -2.36. The molecule has 0 aliphatic rings. The average Bonchev–Trinajstić information content (AvgIpc) is 2.91. The van der Waals surface area contributed by atoms with Crippen LogP contribution < -0.4 is 5.32 Å². The van der Waals surface area contributed by atoms with Gasteiger partial charge in [0.25, 0.3) is 0 Å². The Balaban J connectivity index is 2.17. The number of aromatic nitrogens is 2. The number of hydrogen-bond donors (Lipinski definition) is 1. The molecule has 102 valence electrons. The van der Waals surface area contributed by atoms with E-state index < -0.39 is 0 Å². The predicted molar refractivity (Wildman–Crippen MR) is 80.8 cm³/mol. The first-order chi connectivity index (χ1) is 9.83. The molecule has 0 fully saturated rings. The highest BCUT2D eigenvalue weighted by Gasteiger charge is 2.15. The quantitative estimate of drug-likeness (QED) is 0.779. The Bertz CT molecular complexity index is 700. The Morgan fingerprint density at radius 2 is 2.05 bits per heavy atom. The second kappa shape index (κ2) is 5.33. The zero-order valence-electron chi connectivity index (χ0n) is 11.7. The Kier molecular flexibility index (Phi) is 3.37. The first-order valence-corrected chi connectivity index (χ1v) is 6.84. The first-order valence-electron chi connectivity index (χ1n) is 6.84. The van der Waals surface area contributed by atoms with Gasteiger partial charge < -0.3 is 9.73 Å². The molecule has 0 bridgehead atoms. The second-order valence-electron chi connectivity index (χ2n) is 4.70. The fourth-order valence-electron chi connectivity index (χ4n) is 2.43. The summed E-state index contributed by atoms with van der Waals surface area (Å²) < 4.78 is 5.92.